The maximum Gasteiger partial charge on any atom is 0.238 e. The first kappa shape index (κ1) is 18.7. The molecule has 28 heavy (non-hydrogen) atoms. The van der Waals surface area contributed by atoms with E-state index in [0.717, 1.165) is 55.7 Å². The van der Waals surface area contributed by atoms with Crippen molar-refractivity contribution in [3.8, 4) is 0 Å². The highest BCUT2D eigenvalue weighted by Crippen LogP contribution is 2.30. The number of carbonyl (C=O) groups is 2. The lowest BCUT2D eigenvalue weighted by molar-refractivity contribution is -0.118. The average molecular weight is 377 g/mol. The highest BCUT2D eigenvalue weighted by atomic mass is 16.2. The molecule has 0 aromatic heterocycles. The van der Waals surface area contributed by atoms with Crippen molar-refractivity contribution in [1.29, 1.82) is 0 Å². The molecule has 2 aliphatic heterocycles. The predicted octanol–water partition coefficient (Wildman–Crippen LogP) is 3.24. The third kappa shape index (κ3) is 4.09. The van der Waals surface area contributed by atoms with E-state index >= 15 is 0 Å². The largest absolute Gasteiger partial charge is 0.325 e. The molecule has 5 heteroatoms. The fraction of sp³-hybridized carbons (Fsp3) is 0.391. The van der Waals surface area contributed by atoms with Gasteiger partial charge in [-0.3, -0.25) is 14.5 Å². The Morgan fingerprint density at radius 1 is 1.11 bits per heavy atom. The lowest BCUT2D eigenvalue weighted by atomic mass is 10.0. The van der Waals surface area contributed by atoms with E-state index in [0.29, 0.717) is 12.6 Å². The summed E-state index contributed by atoms with van der Waals surface area (Å²) >= 11 is 0. The van der Waals surface area contributed by atoms with Crippen LogP contribution in [0.25, 0.3) is 0 Å². The van der Waals surface area contributed by atoms with Crippen LogP contribution in [-0.2, 0) is 22.4 Å². The van der Waals surface area contributed by atoms with Gasteiger partial charge in [0, 0.05) is 30.9 Å². The summed E-state index contributed by atoms with van der Waals surface area (Å²) in [5.41, 5.74) is 4.23. The van der Waals surface area contributed by atoms with Gasteiger partial charge in [0.15, 0.2) is 0 Å². The zero-order chi connectivity index (χ0) is 19.5. The van der Waals surface area contributed by atoms with E-state index in [1.807, 2.05) is 24.3 Å². The Balaban J connectivity index is 1.36. The van der Waals surface area contributed by atoms with E-state index in [-0.39, 0.29) is 11.8 Å². The number of hydrogen-bond acceptors (Lipinski definition) is 3. The predicted molar refractivity (Wildman–Crippen MR) is 112 cm³/mol. The first-order valence-corrected chi connectivity index (χ1v) is 10.1. The van der Waals surface area contributed by atoms with Crippen LogP contribution in [-0.4, -0.2) is 42.4 Å². The van der Waals surface area contributed by atoms with E-state index in [9.17, 15) is 9.59 Å². The molecule has 0 radical (unpaired) electrons. The van der Waals surface area contributed by atoms with Crippen LogP contribution in [0.2, 0.25) is 0 Å². The molecule has 146 valence electrons. The van der Waals surface area contributed by atoms with E-state index in [2.05, 4.69) is 34.5 Å². The maximum atomic E-state index is 12.6. The van der Waals surface area contributed by atoms with Gasteiger partial charge in [0.1, 0.15) is 0 Å². The fourth-order valence-corrected chi connectivity index (χ4v) is 4.41. The smallest absolute Gasteiger partial charge is 0.238 e. The normalized spacial score (nSPS) is 18.9. The highest BCUT2D eigenvalue weighted by molar-refractivity contribution is 5.96. The van der Waals surface area contributed by atoms with Crippen molar-refractivity contribution < 1.29 is 9.59 Å². The van der Waals surface area contributed by atoms with Gasteiger partial charge < -0.3 is 10.2 Å². The summed E-state index contributed by atoms with van der Waals surface area (Å²) in [5, 5.41) is 3.04. The summed E-state index contributed by atoms with van der Waals surface area (Å²) in [7, 11) is 0. The van der Waals surface area contributed by atoms with Crippen molar-refractivity contribution in [3.05, 3.63) is 59.7 Å². The standard InChI is InChI=1S/C23H27N3O2/c1-17(27)26-13-11-19-15-20(9-10-22(19)26)24-23(28)16-25-12-5-8-21(25)14-18-6-3-2-4-7-18/h2-4,6-7,9-10,15,21H,5,8,11-14,16H2,1H3,(H,24,28)/t21-/m0/s1. The lowest BCUT2D eigenvalue weighted by Gasteiger charge is -2.24. The second-order valence-electron chi connectivity index (χ2n) is 7.77. The van der Waals surface area contributed by atoms with Crippen molar-refractivity contribution in [1.82, 2.24) is 4.90 Å². The van der Waals surface area contributed by atoms with Gasteiger partial charge >= 0.3 is 0 Å². The van der Waals surface area contributed by atoms with Crippen molar-refractivity contribution >= 4 is 23.2 Å². The molecule has 1 fully saturated rings. The Hall–Kier alpha value is -2.66. The van der Waals surface area contributed by atoms with E-state index < -0.39 is 0 Å². The number of benzene rings is 2. The molecule has 1 atom stereocenters. The van der Waals surface area contributed by atoms with Gasteiger partial charge in [0.2, 0.25) is 11.8 Å². The Morgan fingerprint density at radius 3 is 2.71 bits per heavy atom. The van der Waals surface area contributed by atoms with Gasteiger partial charge in [-0.25, -0.2) is 0 Å². The molecule has 0 saturated carbocycles. The van der Waals surface area contributed by atoms with Crippen molar-refractivity contribution in [2.75, 3.05) is 29.9 Å². The molecule has 0 unspecified atom stereocenters. The summed E-state index contributed by atoms with van der Waals surface area (Å²) in [6.45, 7) is 3.71. The van der Waals surface area contributed by atoms with Crippen LogP contribution in [0.15, 0.2) is 48.5 Å². The molecule has 0 aliphatic carbocycles. The zero-order valence-electron chi connectivity index (χ0n) is 16.4. The number of rotatable bonds is 5. The van der Waals surface area contributed by atoms with Gasteiger partial charge in [-0.1, -0.05) is 30.3 Å². The van der Waals surface area contributed by atoms with Crippen LogP contribution < -0.4 is 10.2 Å². The van der Waals surface area contributed by atoms with Crippen LogP contribution in [0.5, 0.6) is 0 Å². The Kier molecular flexibility index (Phi) is 5.44. The first-order chi connectivity index (χ1) is 13.6. The summed E-state index contributed by atoms with van der Waals surface area (Å²) in [6.07, 6.45) is 4.12. The number of anilines is 2. The number of nitrogens with zero attached hydrogens (tertiary/aromatic N) is 2. The number of fused-ring (bicyclic) bond motifs is 1. The molecule has 4 rings (SSSR count). The zero-order valence-corrected chi connectivity index (χ0v) is 16.4. The highest BCUT2D eigenvalue weighted by Gasteiger charge is 2.27. The van der Waals surface area contributed by atoms with Gasteiger partial charge in [0.05, 0.1) is 6.54 Å². The molecule has 2 heterocycles. The molecule has 2 aromatic carbocycles. The Morgan fingerprint density at radius 2 is 1.93 bits per heavy atom. The lowest BCUT2D eigenvalue weighted by Crippen LogP contribution is -2.37. The van der Waals surface area contributed by atoms with Crippen LogP contribution in [0.1, 0.15) is 30.9 Å². The molecule has 1 saturated heterocycles. The van der Waals surface area contributed by atoms with E-state index in [4.69, 9.17) is 0 Å². The third-order valence-electron chi connectivity index (χ3n) is 5.80. The molecule has 1 N–H and O–H groups in total. The van der Waals surface area contributed by atoms with Crippen molar-refractivity contribution in [2.24, 2.45) is 0 Å². The molecule has 2 amide bonds. The quantitative estimate of drug-likeness (QED) is 0.870. The number of nitrogens with one attached hydrogen (secondary N) is 1. The molecule has 2 aliphatic rings. The molecule has 0 spiro atoms. The Bertz CT molecular complexity index is 865. The van der Waals surface area contributed by atoms with Gasteiger partial charge in [-0.15, -0.1) is 0 Å². The molecular weight excluding hydrogens is 350 g/mol. The maximum absolute atomic E-state index is 12.6. The van der Waals surface area contributed by atoms with Gasteiger partial charge in [-0.05, 0) is 61.6 Å². The summed E-state index contributed by atoms with van der Waals surface area (Å²) in [5.74, 6) is 0.0929. The number of amides is 2. The monoisotopic (exact) mass is 377 g/mol. The van der Waals surface area contributed by atoms with Crippen molar-refractivity contribution in [2.45, 2.75) is 38.6 Å². The number of hydrogen-bond donors (Lipinski definition) is 1. The van der Waals surface area contributed by atoms with E-state index in [1.165, 1.54) is 5.56 Å². The SMILES string of the molecule is CC(=O)N1CCc2cc(NC(=O)CN3CCC[C@H]3Cc3ccccc3)ccc21. The van der Waals surface area contributed by atoms with Gasteiger partial charge in [0.25, 0.3) is 0 Å². The average Bonchev–Trinajstić information content (AvgIpc) is 3.29. The molecule has 5 nitrogen and oxygen atoms in total. The van der Waals surface area contributed by atoms with Crippen molar-refractivity contribution in [3.63, 3.8) is 0 Å². The molecule has 0 bridgehead atoms. The summed E-state index contributed by atoms with van der Waals surface area (Å²) in [6, 6.07) is 16.8. The molecular formula is C23H27N3O2. The second-order valence-corrected chi connectivity index (χ2v) is 7.77. The number of likely N-dealkylation sites (tertiary alicyclic amines) is 1. The van der Waals surface area contributed by atoms with Gasteiger partial charge in [-0.2, -0.15) is 0 Å². The topological polar surface area (TPSA) is 52.7 Å². The minimum Gasteiger partial charge on any atom is -0.325 e. The minimum absolute atomic E-state index is 0.0290. The van der Waals surface area contributed by atoms with Crippen LogP contribution >= 0.6 is 0 Å². The summed E-state index contributed by atoms with van der Waals surface area (Å²) < 4.78 is 0. The summed E-state index contributed by atoms with van der Waals surface area (Å²) in [4.78, 5) is 28.4. The van der Waals surface area contributed by atoms with Crippen LogP contribution in [0.3, 0.4) is 0 Å². The molecule has 2 aromatic rings. The fourth-order valence-electron chi connectivity index (χ4n) is 4.41. The first-order valence-electron chi connectivity index (χ1n) is 10.1. The number of carbonyl (C=O) groups excluding carboxylic acids is 2. The second kappa shape index (κ2) is 8.15. The minimum atomic E-state index is 0.0290. The third-order valence-corrected chi connectivity index (χ3v) is 5.80. The Labute approximate surface area is 166 Å². The van der Waals surface area contributed by atoms with Crippen LogP contribution in [0.4, 0.5) is 11.4 Å². The van der Waals surface area contributed by atoms with Crippen LogP contribution in [0, 0.1) is 0 Å². The van der Waals surface area contributed by atoms with E-state index in [1.54, 1.807) is 11.8 Å².